The van der Waals surface area contributed by atoms with Gasteiger partial charge in [0.2, 0.25) is 0 Å². The number of H-pyrrole nitrogens is 1. The van der Waals surface area contributed by atoms with Crippen molar-refractivity contribution in [3.05, 3.63) is 29.7 Å². The number of nitrogens with one attached hydrogen (secondary N) is 2. The van der Waals surface area contributed by atoms with Crippen LogP contribution in [-0.2, 0) is 5.75 Å². The lowest BCUT2D eigenvalue weighted by Crippen LogP contribution is -2.03. The smallest absolute Gasteiger partial charge is 0.165 e. The quantitative estimate of drug-likeness (QED) is 0.707. The van der Waals surface area contributed by atoms with Crippen molar-refractivity contribution in [1.82, 2.24) is 19.9 Å². The molecule has 0 atom stereocenters. The summed E-state index contributed by atoms with van der Waals surface area (Å²) in [5.41, 5.74) is 0. The molecular formula is C12H13N5S2. The van der Waals surface area contributed by atoms with Crippen LogP contribution in [0.4, 0.5) is 5.82 Å². The summed E-state index contributed by atoms with van der Waals surface area (Å²) in [6, 6.07) is 2.06. The Hall–Kier alpha value is -1.60. The Balaban J connectivity index is 1.86. The van der Waals surface area contributed by atoms with Crippen LogP contribution in [0.3, 0.4) is 0 Å². The van der Waals surface area contributed by atoms with Gasteiger partial charge in [-0.2, -0.15) is 0 Å². The van der Waals surface area contributed by atoms with Crippen LogP contribution in [0.25, 0.3) is 10.2 Å². The molecule has 0 unspecified atom stereocenters. The second kappa shape index (κ2) is 5.58. The molecule has 0 amide bonds. The maximum Gasteiger partial charge on any atom is 0.165 e. The minimum absolute atomic E-state index is 0.708. The summed E-state index contributed by atoms with van der Waals surface area (Å²) in [6.07, 6.45) is 3.56. The number of thioether (sulfide) groups is 1. The number of hydrogen-bond acceptors (Lipinski definition) is 6. The molecule has 0 aliphatic rings. The van der Waals surface area contributed by atoms with E-state index in [0.717, 1.165) is 33.6 Å². The molecule has 3 rings (SSSR count). The number of anilines is 1. The maximum absolute atomic E-state index is 4.58. The zero-order valence-corrected chi connectivity index (χ0v) is 12.0. The van der Waals surface area contributed by atoms with Crippen molar-refractivity contribution in [2.24, 2.45) is 0 Å². The Kier molecular flexibility index (Phi) is 3.65. The molecule has 3 aromatic heterocycles. The highest BCUT2D eigenvalue weighted by Crippen LogP contribution is 2.26. The predicted molar refractivity (Wildman–Crippen MR) is 79.7 cm³/mol. The standard InChI is InChI=1S/C12H13N5S2/c1-2-13-10-8-3-6-18-11(8)17-9(16-10)7-19-12-14-4-5-15-12/h3-6H,2,7H2,1H3,(H,14,15)(H,13,16,17). The number of fused-ring (bicyclic) bond motifs is 1. The minimum atomic E-state index is 0.708. The van der Waals surface area contributed by atoms with Crippen LogP contribution in [-0.4, -0.2) is 26.5 Å². The summed E-state index contributed by atoms with van der Waals surface area (Å²) in [5.74, 6) is 2.45. The van der Waals surface area contributed by atoms with Crippen LogP contribution in [0, 0.1) is 0 Å². The van der Waals surface area contributed by atoms with Crippen molar-refractivity contribution in [2.45, 2.75) is 17.8 Å². The minimum Gasteiger partial charge on any atom is -0.370 e. The molecule has 0 fully saturated rings. The summed E-state index contributed by atoms with van der Waals surface area (Å²) in [5, 5.41) is 7.32. The Morgan fingerprint density at radius 3 is 3.16 bits per heavy atom. The van der Waals surface area contributed by atoms with Gasteiger partial charge >= 0.3 is 0 Å². The van der Waals surface area contributed by atoms with Gasteiger partial charge in [-0.25, -0.2) is 15.0 Å². The molecule has 0 radical (unpaired) electrons. The topological polar surface area (TPSA) is 66.5 Å². The first kappa shape index (κ1) is 12.4. The fourth-order valence-corrected chi connectivity index (χ4v) is 3.19. The molecule has 5 nitrogen and oxygen atoms in total. The Morgan fingerprint density at radius 1 is 1.42 bits per heavy atom. The third-order valence-corrected chi connectivity index (χ3v) is 4.23. The number of nitrogens with zero attached hydrogens (tertiary/aromatic N) is 3. The Morgan fingerprint density at radius 2 is 2.37 bits per heavy atom. The van der Waals surface area contributed by atoms with Gasteiger partial charge in [0.25, 0.3) is 0 Å². The summed E-state index contributed by atoms with van der Waals surface area (Å²) in [4.78, 5) is 17.4. The van der Waals surface area contributed by atoms with Gasteiger partial charge in [0.15, 0.2) is 5.16 Å². The molecule has 0 aliphatic carbocycles. The summed E-state index contributed by atoms with van der Waals surface area (Å²) in [7, 11) is 0. The first-order chi connectivity index (χ1) is 9.36. The van der Waals surface area contributed by atoms with E-state index in [4.69, 9.17) is 0 Å². The molecule has 0 saturated heterocycles. The molecule has 0 spiro atoms. The molecule has 19 heavy (non-hydrogen) atoms. The molecule has 0 saturated carbocycles. The van der Waals surface area contributed by atoms with Gasteiger partial charge in [-0.15, -0.1) is 11.3 Å². The number of imidazole rings is 1. The zero-order valence-electron chi connectivity index (χ0n) is 10.4. The molecule has 0 aliphatic heterocycles. The molecule has 2 N–H and O–H groups in total. The largest absolute Gasteiger partial charge is 0.370 e. The van der Waals surface area contributed by atoms with Crippen molar-refractivity contribution in [3.63, 3.8) is 0 Å². The molecule has 7 heteroatoms. The van der Waals surface area contributed by atoms with Crippen LogP contribution in [0.2, 0.25) is 0 Å². The molecule has 3 aromatic rings. The van der Waals surface area contributed by atoms with E-state index in [1.807, 2.05) is 11.6 Å². The predicted octanol–water partition coefficient (Wildman–Crippen LogP) is 3.14. The highest BCUT2D eigenvalue weighted by molar-refractivity contribution is 7.98. The van der Waals surface area contributed by atoms with Gasteiger partial charge in [0, 0.05) is 18.9 Å². The van der Waals surface area contributed by atoms with E-state index in [1.54, 1.807) is 29.3 Å². The fourth-order valence-electron chi connectivity index (χ4n) is 1.73. The monoisotopic (exact) mass is 291 g/mol. The molecule has 3 heterocycles. The number of hydrogen-bond donors (Lipinski definition) is 2. The SMILES string of the molecule is CCNc1nc(CSc2ncc[nH]2)nc2sccc12. The van der Waals surface area contributed by atoms with Crippen LogP contribution >= 0.6 is 23.1 Å². The van der Waals surface area contributed by atoms with E-state index in [2.05, 4.69) is 38.2 Å². The van der Waals surface area contributed by atoms with Gasteiger partial charge in [0.1, 0.15) is 16.5 Å². The van der Waals surface area contributed by atoms with Crippen molar-refractivity contribution in [2.75, 3.05) is 11.9 Å². The lowest BCUT2D eigenvalue weighted by atomic mass is 10.3. The third-order valence-electron chi connectivity index (χ3n) is 2.53. The highest BCUT2D eigenvalue weighted by atomic mass is 32.2. The average Bonchev–Trinajstić information content (AvgIpc) is 3.08. The molecule has 0 aromatic carbocycles. The van der Waals surface area contributed by atoms with Gasteiger partial charge in [-0.05, 0) is 18.4 Å². The normalized spacial score (nSPS) is 11.0. The van der Waals surface area contributed by atoms with Crippen LogP contribution in [0.15, 0.2) is 29.0 Å². The lowest BCUT2D eigenvalue weighted by Gasteiger charge is -2.06. The van der Waals surface area contributed by atoms with Crippen molar-refractivity contribution >= 4 is 39.1 Å². The van der Waals surface area contributed by atoms with Crippen molar-refractivity contribution < 1.29 is 0 Å². The molecule has 98 valence electrons. The fraction of sp³-hybridized carbons (Fsp3) is 0.250. The summed E-state index contributed by atoms with van der Waals surface area (Å²) < 4.78 is 0. The van der Waals surface area contributed by atoms with E-state index in [0.29, 0.717) is 5.75 Å². The van der Waals surface area contributed by atoms with E-state index in [1.165, 1.54) is 0 Å². The van der Waals surface area contributed by atoms with Gasteiger partial charge in [-0.3, -0.25) is 0 Å². The Bertz CT molecular complexity index is 662. The lowest BCUT2D eigenvalue weighted by molar-refractivity contribution is 1.03. The number of aromatic nitrogens is 4. The van der Waals surface area contributed by atoms with E-state index >= 15 is 0 Å². The van der Waals surface area contributed by atoms with Crippen molar-refractivity contribution in [1.29, 1.82) is 0 Å². The average molecular weight is 291 g/mol. The van der Waals surface area contributed by atoms with Gasteiger partial charge in [-0.1, -0.05) is 11.8 Å². The van der Waals surface area contributed by atoms with Crippen LogP contribution in [0.1, 0.15) is 12.7 Å². The van der Waals surface area contributed by atoms with E-state index in [9.17, 15) is 0 Å². The first-order valence-electron chi connectivity index (χ1n) is 5.97. The molecular weight excluding hydrogens is 278 g/mol. The number of aromatic amines is 1. The number of rotatable bonds is 5. The highest BCUT2D eigenvalue weighted by Gasteiger charge is 2.09. The van der Waals surface area contributed by atoms with Crippen LogP contribution < -0.4 is 5.32 Å². The zero-order chi connectivity index (χ0) is 13.1. The van der Waals surface area contributed by atoms with Crippen LogP contribution in [0.5, 0.6) is 0 Å². The first-order valence-corrected chi connectivity index (χ1v) is 7.83. The second-order valence-electron chi connectivity index (χ2n) is 3.84. The van der Waals surface area contributed by atoms with E-state index in [-0.39, 0.29) is 0 Å². The Labute approximate surface area is 118 Å². The van der Waals surface area contributed by atoms with Crippen molar-refractivity contribution in [3.8, 4) is 0 Å². The van der Waals surface area contributed by atoms with Gasteiger partial charge in [0.05, 0.1) is 11.1 Å². The maximum atomic E-state index is 4.58. The second-order valence-corrected chi connectivity index (χ2v) is 5.70. The summed E-state index contributed by atoms with van der Waals surface area (Å²) in [6.45, 7) is 2.92. The number of thiophene rings is 1. The van der Waals surface area contributed by atoms with E-state index < -0.39 is 0 Å². The molecule has 0 bridgehead atoms. The third kappa shape index (κ3) is 2.71. The van der Waals surface area contributed by atoms with Gasteiger partial charge < -0.3 is 10.3 Å². The summed E-state index contributed by atoms with van der Waals surface area (Å²) >= 11 is 3.24.